The topological polar surface area (TPSA) is 76.7 Å². The number of hydrogen-bond donors (Lipinski definition) is 2. The number of nitrogen functional groups attached to an aromatic ring is 1. The standard InChI is InChI=1S/C11H9N5S2/c12-10-14-8(6-17-10)9-15-16-11(18-9)13-7-4-2-1-3-5-7/h1-6H,(H2,12,14)(H,13,16). The molecule has 0 atom stereocenters. The molecule has 1 aromatic carbocycles. The zero-order chi connectivity index (χ0) is 12.4. The van der Waals surface area contributed by atoms with Crippen molar-refractivity contribution < 1.29 is 0 Å². The maximum atomic E-state index is 5.59. The number of nitrogens with one attached hydrogen (secondary N) is 1. The maximum absolute atomic E-state index is 5.59. The van der Waals surface area contributed by atoms with Crippen LogP contribution in [0.2, 0.25) is 0 Å². The molecule has 3 rings (SSSR count). The Bertz CT molecular complexity index is 646. The summed E-state index contributed by atoms with van der Waals surface area (Å²) in [5, 5.41) is 15.3. The van der Waals surface area contributed by atoms with Gasteiger partial charge in [-0.2, -0.15) is 0 Å². The average molecular weight is 275 g/mol. The van der Waals surface area contributed by atoms with Gasteiger partial charge in [-0.15, -0.1) is 21.5 Å². The van der Waals surface area contributed by atoms with Gasteiger partial charge in [0.25, 0.3) is 0 Å². The van der Waals surface area contributed by atoms with Gasteiger partial charge in [-0.25, -0.2) is 4.98 Å². The second kappa shape index (κ2) is 4.71. The van der Waals surface area contributed by atoms with E-state index in [1.54, 1.807) is 0 Å². The van der Waals surface area contributed by atoms with Gasteiger partial charge in [-0.3, -0.25) is 0 Å². The van der Waals surface area contributed by atoms with Gasteiger partial charge in [0.1, 0.15) is 5.69 Å². The first-order valence-corrected chi connectivity index (χ1v) is 6.88. The van der Waals surface area contributed by atoms with E-state index in [9.17, 15) is 0 Å². The molecule has 0 aliphatic heterocycles. The van der Waals surface area contributed by atoms with E-state index in [1.807, 2.05) is 35.7 Å². The summed E-state index contributed by atoms with van der Waals surface area (Å²) < 4.78 is 0. The first-order chi connectivity index (χ1) is 8.81. The minimum atomic E-state index is 0.540. The molecule has 18 heavy (non-hydrogen) atoms. The number of thiazole rings is 1. The average Bonchev–Trinajstić information content (AvgIpc) is 2.99. The minimum Gasteiger partial charge on any atom is -0.375 e. The number of hydrogen-bond acceptors (Lipinski definition) is 7. The molecule has 2 heterocycles. The number of nitrogens with two attached hydrogens (primary N) is 1. The van der Waals surface area contributed by atoms with Gasteiger partial charge >= 0.3 is 0 Å². The number of anilines is 3. The van der Waals surface area contributed by atoms with Crippen molar-refractivity contribution >= 4 is 38.6 Å². The maximum Gasteiger partial charge on any atom is 0.210 e. The highest BCUT2D eigenvalue weighted by molar-refractivity contribution is 7.19. The second-order valence-electron chi connectivity index (χ2n) is 3.47. The molecule has 90 valence electrons. The molecule has 0 radical (unpaired) electrons. The van der Waals surface area contributed by atoms with Crippen LogP contribution in [0.1, 0.15) is 0 Å². The predicted molar refractivity (Wildman–Crippen MR) is 75.2 cm³/mol. The molecule has 0 saturated heterocycles. The molecular weight excluding hydrogens is 266 g/mol. The number of para-hydroxylation sites is 1. The van der Waals surface area contributed by atoms with Gasteiger partial charge < -0.3 is 11.1 Å². The second-order valence-corrected chi connectivity index (χ2v) is 5.34. The Morgan fingerprint density at radius 1 is 1.11 bits per heavy atom. The Morgan fingerprint density at radius 2 is 1.94 bits per heavy atom. The van der Waals surface area contributed by atoms with Crippen molar-refractivity contribution in [1.82, 2.24) is 15.2 Å². The summed E-state index contributed by atoms with van der Waals surface area (Å²) in [5.41, 5.74) is 7.35. The first kappa shape index (κ1) is 11.1. The van der Waals surface area contributed by atoms with Crippen molar-refractivity contribution in [3.8, 4) is 10.7 Å². The van der Waals surface area contributed by atoms with Crippen LogP contribution < -0.4 is 11.1 Å². The third-order valence-electron chi connectivity index (χ3n) is 2.19. The molecule has 0 aliphatic carbocycles. The monoisotopic (exact) mass is 275 g/mol. The Hall–Kier alpha value is -1.99. The van der Waals surface area contributed by atoms with Crippen LogP contribution in [0.4, 0.5) is 16.0 Å². The molecule has 0 aliphatic rings. The van der Waals surface area contributed by atoms with Crippen LogP contribution in [0.25, 0.3) is 10.7 Å². The van der Waals surface area contributed by atoms with E-state index < -0.39 is 0 Å². The summed E-state index contributed by atoms with van der Waals surface area (Å²) in [4.78, 5) is 4.18. The largest absolute Gasteiger partial charge is 0.375 e. The van der Waals surface area contributed by atoms with Crippen LogP contribution in [0.5, 0.6) is 0 Å². The first-order valence-electron chi connectivity index (χ1n) is 5.18. The number of benzene rings is 1. The smallest absolute Gasteiger partial charge is 0.210 e. The lowest BCUT2D eigenvalue weighted by Gasteiger charge is -1.99. The SMILES string of the molecule is Nc1nc(-c2nnc(Nc3ccccc3)s2)cs1. The fraction of sp³-hybridized carbons (Fsp3) is 0. The molecular formula is C11H9N5S2. The molecule has 0 spiro atoms. The molecule has 3 aromatic rings. The van der Waals surface area contributed by atoms with E-state index in [2.05, 4.69) is 20.5 Å². The van der Waals surface area contributed by atoms with Crippen molar-refractivity contribution in [3.63, 3.8) is 0 Å². The van der Waals surface area contributed by atoms with Crippen molar-refractivity contribution in [1.29, 1.82) is 0 Å². The van der Waals surface area contributed by atoms with Crippen LogP contribution in [0.3, 0.4) is 0 Å². The van der Waals surface area contributed by atoms with Gasteiger partial charge in [0.05, 0.1) is 0 Å². The Kier molecular flexibility index (Phi) is 2.91. The van der Waals surface area contributed by atoms with Gasteiger partial charge in [0, 0.05) is 11.1 Å². The molecule has 0 unspecified atom stereocenters. The van der Waals surface area contributed by atoms with Crippen LogP contribution in [-0.4, -0.2) is 15.2 Å². The number of aromatic nitrogens is 3. The molecule has 0 saturated carbocycles. The minimum absolute atomic E-state index is 0.540. The molecule has 2 aromatic heterocycles. The summed E-state index contributed by atoms with van der Waals surface area (Å²) in [5.74, 6) is 0. The molecule has 0 fully saturated rings. The zero-order valence-electron chi connectivity index (χ0n) is 9.20. The van der Waals surface area contributed by atoms with Crippen LogP contribution >= 0.6 is 22.7 Å². The van der Waals surface area contributed by atoms with Crippen molar-refractivity contribution in [2.45, 2.75) is 0 Å². The summed E-state index contributed by atoms with van der Waals surface area (Å²) in [6, 6.07) is 9.84. The lowest BCUT2D eigenvalue weighted by atomic mass is 10.3. The van der Waals surface area contributed by atoms with Crippen LogP contribution in [0.15, 0.2) is 35.7 Å². The fourth-order valence-corrected chi connectivity index (χ4v) is 2.75. The fourth-order valence-electron chi connectivity index (χ4n) is 1.41. The Labute approximate surface area is 111 Å². The molecule has 0 bridgehead atoms. The molecule has 5 nitrogen and oxygen atoms in total. The third-order valence-corrected chi connectivity index (χ3v) is 3.73. The lowest BCUT2D eigenvalue weighted by Crippen LogP contribution is -1.87. The Morgan fingerprint density at radius 3 is 2.67 bits per heavy atom. The summed E-state index contributed by atoms with van der Waals surface area (Å²) in [6.07, 6.45) is 0. The van der Waals surface area contributed by atoms with E-state index in [1.165, 1.54) is 22.7 Å². The summed E-state index contributed by atoms with van der Waals surface area (Å²) in [7, 11) is 0. The highest BCUT2D eigenvalue weighted by atomic mass is 32.1. The quantitative estimate of drug-likeness (QED) is 0.768. The van der Waals surface area contributed by atoms with Crippen molar-refractivity contribution in [2.75, 3.05) is 11.1 Å². The highest BCUT2D eigenvalue weighted by Crippen LogP contribution is 2.29. The van der Waals surface area contributed by atoms with Crippen LogP contribution in [-0.2, 0) is 0 Å². The van der Waals surface area contributed by atoms with Gasteiger partial charge in [-0.1, -0.05) is 29.5 Å². The highest BCUT2D eigenvalue weighted by Gasteiger charge is 2.09. The van der Waals surface area contributed by atoms with E-state index in [4.69, 9.17) is 5.73 Å². The van der Waals surface area contributed by atoms with E-state index in [0.29, 0.717) is 5.13 Å². The van der Waals surface area contributed by atoms with E-state index in [0.717, 1.165) is 21.5 Å². The van der Waals surface area contributed by atoms with Crippen molar-refractivity contribution in [2.24, 2.45) is 0 Å². The zero-order valence-corrected chi connectivity index (χ0v) is 10.8. The van der Waals surface area contributed by atoms with Crippen molar-refractivity contribution in [3.05, 3.63) is 35.7 Å². The molecule has 0 amide bonds. The summed E-state index contributed by atoms with van der Waals surface area (Å²) in [6.45, 7) is 0. The van der Waals surface area contributed by atoms with E-state index in [-0.39, 0.29) is 0 Å². The third kappa shape index (κ3) is 2.31. The number of nitrogens with zero attached hydrogens (tertiary/aromatic N) is 3. The Balaban J connectivity index is 1.82. The van der Waals surface area contributed by atoms with Gasteiger partial charge in [0.2, 0.25) is 5.13 Å². The lowest BCUT2D eigenvalue weighted by molar-refractivity contribution is 1.09. The van der Waals surface area contributed by atoms with Gasteiger partial charge in [0.15, 0.2) is 10.1 Å². The van der Waals surface area contributed by atoms with Crippen LogP contribution in [0, 0.1) is 0 Å². The normalized spacial score (nSPS) is 10.4. The van der Waals surface area contributed by atoms with E-state index >= 15 is 0 Å². The van der Waals surface area contributed by atoms with Gasteiger partial charge in [-0.05, 0) is 12.1 Å². The molecule has 3 N–H and O–H groups in total. The summed E-state index contributed by atoms with van der Waals surface area (Å²) >= 11 is 2.85. The molecule has 7 heteroatoms. The predicted octanol–water partition coefficient (Wildman–Crippen LogP) is 2.99. The number of rotatable bonds is 3.